The first-order valence-corrected chi connectivity index (χ1v) is 7.38. The van der Waals surface area contributed by atoms with E-state index in [9.17, 15) is 9.59 Å². The third kappa shape index (κ3) is 2.44. The lowest BCUT2D eigenvalue weighted by Crippen LogP contribution is -2.26. The molecule has 1 atom stereocenters. The number of H-pyrrole nitrogens is 1. The average Bonchev–Trinajstić information content (AvgIpc) is 2.47. The van der Waals surface area contributed by atoms with Crippen LogP contribution in [0.5, 0.6) is 0 Å². The molecule has 1 aromatic heterocycles. The molecule has 21 heavy (non-hydrogen) atoms. The minimum atomic E-state index is -0.239. The SMILES string of the molecule is CC(=O)c1c2c(c(C)[nH]c1=O)CC(c1ccccc1)CC2. The van der Waals surface area contributed by atoms with Crippen LogP contribution in [-0.2, 0) is 12.8 Å². The summed E-state index contributed by atoms with van der Waals surface area (Å²) in [6.07, 6.45) is 2.68. The lowest BCUT2D eigenvalue weighted by Gasteiger charge is -2.27. The maximum atomic E-state index is 12.0. The quantitative estimate of drug-likeness (QED) is 0.860. The molecule has 0 amide bonds. The third-order valence-corrected chi connectivity index (χ3v) is 4.46. The van der Waals surface area contributed by atoms with Gasteiger partial charge < -0.3 is 4.98 Å². The van der Waals surface area contributed by atoms with Gasteiger partial charge in [-0.25, -0.2) is 0 Å². The molecule has 108 valence electrons. The second-order valence-corrected chi connectivity index (χ2v) is 5.82. The van der Waals surface area contributed by atoms with Crippen LogP contribution < -0.4 is 5.56 Å². The fraction of sp³-hybridized carbons (Fsp3) is 0.333. The fourth-order valence-electron chi connectivity index (χ4n) is 3.42. The summed E-state index contributed by atoms with van der Waals surface area (Å²) < 4.78 is 0. The van der Waals surface area contributed by atoms with Gasteiger partial charge in [0.05, 0.1) is 5.56 Å². The first-order chi connectivity index (χ1) is 10.1. The molecule has 1 unspecified atom stereocenters. The Bertz CT molecular complexity index is 744. The number of fused-ring (bicyclic) bond motifs is 1. The Morgan fingerprint density at radius 2 is 1.90 bits per heavy atom. The number of hydrogen-bond acceptors (Lipinski definition) is 2. The molecule has 1 heterocycles. The summed E-state index contributed by atoms with van der Waals surface area (Å²) in [5, 5.41) is 0. The Labute approximate surface area is 124 Å². The molecule has 2 aromatic rings. The zero-order valence-corrected chi connectivity index (χ0v) is 12.4. The second-order valence-electron chi connectivity index (χ2n) is 5.82. The first-order valence-electron chi connectivity index (χ1n) is 7.38. The molecule has 0 radical (unpaired) electrons. The van der Waals surface area contributed by atoms with Crippen molar-refractivity contribution < 1.29 is 4.79 Å². The highest BCUT2D eigenvalue weighted by Crippen LogP contribution is 2.34. The number of rotatable bonds is 2. The highest BCUT2D eigenvalue weighted by Gasteiger charge is 2.26. The Balaban J connectivity index is 2.06. The topological polar surface area (TPSA) is 49.9 Å². The van der Waals surface area contributed by atoms with E-state index in [1.807, 2.05) is 13.0 Å². The number of aromatic amines is 1. The average molecular weight is 281 g/mol. The van der Waals surface area contributed by atoms with Crippen LogP contribution >= 0.6 is 0 Å². The van der Waals surface area contributed by atoms with Gasteiger partial charge in [0, 0.05) is 5.69 Å². The molecule has 3 nitrogen and oxygen atoms in total. The van der Waals surface area contributed by atoms with Crippen LogP contribution in [0.1, 0.15) is 52.0 Å². The molecule has 0 aliphatic heterocycles. The van der Waals surface area contributed by atoms with Crippen molar-refractivity contribution in [1.82, 2.24) is 4.98 Å². The van der Waals surface area contributed by atoms with Crippen LogP contribution in [0, 0.1) is 6.92 Å². The van der Waals surface area contributed by atoms with E-state index in [0.717, 1.165) is 36.1 Å². The molecule has 1 N–H and O–H groups in total. The monoisotopic (exact) mass is 281 g/mol. The van der Waals surface area contributed by atoms with E-state index in [0.29, 0.717) is 11.5 Å². The minimum Gasteiger partial charge on any atom is -0.326 e. The summed E-state index contributed by atoms with van der Waals surface area (Å²) in [5.41, 5.74) is 4.48. The van der Waals surface area contributed by atoms with Gasteiger partial charge in [-0.3, -0.25) is 9.59 Å². The Morgan fingerprint density at radius 1 is 1.19 bits per heavy atom. The van der Waals surface area contributed by atoms with Gasteiger partial charge in [0.1, 0.15) is 0 Å². The number of carbonyl (C=O) groups excluding carboxylic acids is 1. The van der Waals surface area contributed by atoms with E-state index in [2.05, 4.69) is 29.2 Å². The van der Waals surface area contributed by atoms with E-state index in [-0.39, 0.29) is 11.3 Å². The van der Waals surface area contributed by atoms with Crippen molar-refractivity contribution in [2.45, 2.75) is 39.0 Å². The summed E-state index contributed by atoms with van der Waals surface area (Å²) in [5.74, 6) is 0.328. The van der Waals surface area contributed by atoms with Crippen molar-refractivity contribution in [2.75, 3.05) is 0 Å². The van der Waals surface area contributed by atoms with E-state index < -0.39 is 0 Å². The standard InChI is InChI=1S/C18H19NO2/c1-11-16-10-14(13-6-4-3-5-7-13)8-9-15(16)17(12(2)20)18(21)19-11/h3-7,14H,8-10H2,1-2H3,(H,19,21). The molecule has 1 aromatic carbocycles. The van der Waals surface area contributed by atoms with E-state index >= 15 is 0 Å². The normalized spacial score (nSPS) is 17.3. The lowest BCUT2D eigenvalue weighted by atomic mass is 9.78. The van der Waals surface area contributed by atoms with Crippen molar-refractivity contribution >= 4 is 5.78 Å². The highest BCUT2D eigenvalue weighted by atomic mass is 16.1. The number of pyridine rings is 1. The van der Waals surface area contributed by atoms with Gasteiger partial charge in [-0.05, 0) is 55.7 Å². The number of ketones is 1. The number of benzene rings is 1. The van der Waals surface area contributed by atoms with Crippen LogP contribution in [0.25, 0.3) is 0 Å². The number of nitrogens with one attached hydrogen (secondary N) is 1. The first kappa shape index (κ1) is 13.8. The van der Waals surface area contributed by atoms with Crippen molar-refractivity contribution in [2.24, 2.45) is 0 Å². The largest absolute Gasteiger partial charge is 0.326 e. The summed E-state index contributed by atoms with van der Waals surface area (Å²) in [7, 11) is 0. The van der Waals surface area contributed by atoms with Gasteiger partial charge in [0.2, 0.25) is 0 Å². The van der Waals surface area contributed by atoms with E-state index in [1.165, 1.54) is 12.5 Å². The molecule has 3 rings (SSSR count). The predicted octanol–water partition coefficient (Wildman–Crippen LogP) is 3.16. The number of carbonyl (C=O) groups is 1. The summed E-state index contributed by atoms with van der Waals surface area (Å²) in [6, 6.07) is 10.5. The van der Waals surface area contributed by atoms with Crippen LogP contribution in [0.4, 0.5) is 0 Å². The Hall–Kier alpha value is -2.16. The second kappa shape index (κ2) is 5.32. The molecule has 3 heteroatoms. The van der Waals surface area contributed by atoms with Crippen LogP contribution in [0.3, 0.4) is 0 Å². The molecule has 0 saturated carbocycles. The van der Waals surface area contributed by atoms with E-state index in [1.54, 1.807) is 0 Å². The number of Topliss-reactive ketones (excluding diaryl/α,β-unsaturated/α-hetero) is 1. The maximum Gasteiger partial charge on any atom is 0.259 e. The molecule has 0 bridgehead atoms. The van der Waals surface area contributed by atoms with Gasteiger partial charge in [0.25, 0.3) is 5.56 Å². The van der Waals surface area contributed by atoms with Crippen molar-refractivity contribution in [3.05, 3.63) is 68.6 Å². The van der Waals surface area contributed by atoms with Gasteiger partial charge in [-0.15, -0.1) is 0 Å². The van der Waals surface area contributed by atoms with E-state index in [4.69, 9.17) is 0 Å². The molecule has 0 fully saturated rings. The maximum absolute atomic E-state index is 12.0. The molecular formula is C18H19NO2. The summed E-state index contributed by atoms with van der Waals surface area (Å²) >= 11 is 0. The Kier molecular flexibility index (Phi) is 3.50. The molecule has 0 saturated heterocycles. The van der Waals surface area contributed by atoms with Crippen molar-refractivity contribution in [3.8, 4) is 0 Å². The fourth-order valence-corrected chi connectivity index (χ4v) is 3.42. The zero-order valence-electron chi connectivity index (χ0n) is 12.4. The minimum absolute atomic E-state index is 0.134. The van der Waals surface area contributed by atoms with Gasteiger partial charge >= 0.3 is 0 Å². The van der Waals surface area contributed by atoms with Gasteiger partial charge in [-0.1, -0.05) is 30.3 Å². The third-order valence-electron chi connectivity index (χ3n) is 4.46. The lowest BCUT2D eigenvalue weighted by molar-refractivity contribution is 0.101. The van der Waals surface area contributed by atoms with Gasteiger partial charge in [-0.2, -0.15) is 0 Å². The van der Waals surface area contributed by atoms with Crippen LogP contribution in [0.2, 0.25) is 0 Å². The van der Waals surface area contributed by atoms with Crippen molar-refractivity contribution in [3.63, 3.8) is 0 Å². The van der Waals surface area contributed by atoms with Crippen LogP contribution in [0.15, 0.2) is 35.1 Å². The number of hydrogen-bond donors (Lipinski definition) is 1. The summed E-state index contributed by atoms with van der Waals surface area (Å²) in [4.78, 5) is 26.7. The summed E-state index contributed by atoms with van der Waals surface area (Å²) in [6.45, 7) is 3.40. The smallest absolute Gasteiger partial charge is 0.259 e. The number of aryl methyl sites for hydroxylation is 1. The van der Waals surface area contributed by atoms with Crippen molar-refractivity contribution in [1.29, 1.82) is 0 Å². The van der Waals surface area contributed by atoms with Crippen LogP contribution in [-0.4, -0.2) is 10.8 Å². The number of aromatic nitrogens is 1. The molecule has 1 aliphatic rings. The zero-order chi connectivity index (χ0) is 15.0. The predicted molar refractivity (Wildman–Crippen MR) is 83.0 cm³/mol. The molecule has 0 spiro atoms. The highest BCUT2D eigenvalue weighted by molar-refractivity contribution is 5.95. The molecule has 1 aliphatic carbocycles. The van der Waals surface area contributed by atoms with Gasteiger partial charge in [0.15, 0.2) is 5.78 Å². The molecular weight excluding hydrogens is 262 g/mol. The Morgan fingerprint density at radius 3 is 2.57 bits per heavy atom.